The summed E-state index contributed by atoms with van der Waals surface area (Å²) in [6.45, 7) is 10.4. The zero-order valence-corrected chi connectivity index (χ0v) is 14.3. The van der Waals surface area contributed by atoms with Crippen molar-refractivity contribution >= 4 is 11.7 Å². The molecule has 0 bridgehead atoms. The summed E-state index contributed by atoms with van der Waals surface area (Å²) in [6, 6.07) is 4.48. The highest BCUT2D eigenvalue weighted by molar-refractivity contribution is 5.82. The van der Waals surface area contributed by atoms with Gasteiger partial charge in [-0.3, -0.25) is 0 Å². The third-order valence-electron chi connectivity index (χ3n) is 4.59. The average Bonchev–Trinajstić information content (AvgIpc) is 2.42. The van der Waals surface area contributed by atoms with E-state index >= 15 is 0 Å². The Morgan fingerprint density at radius 1 is 1.41 bits per heavy atom. The van der Waals surface area contributed by atoms with Crippen molar-refractivity contribution in [1.82, 2.24) is 0 Å². The monoisotopic (exact) mass is 307 g/mol. The smallest absolute Gasteiger partial charge is 0.328 e. The Morgan fingerprint density at radius 2 is 2.05 bits per heavy atom. The molecule has 0 amide bonds. The molecule has 0 saturated carbocycles. The van der Waals surface area contributed by atoms with E-state index in [0.29, 0.717) is 0 Å². The molecule has 0 spiro atoms. The quantitative estimate of drug-likeness (QED) is 0.787. The van der Waals surface area contributed by atoms with Gasteiger partial charge in [0.25, 0.3) is 0 Å². The fourth-order valence-electron chi connectivity index (χ4n) is 3.75. The van der Waals surface area contributed by atoms with E-state index in [-0.39, 0.29) is 35.2 Å². The van der Waals surface area contributed by atoms with E-state index in [1.165, 1.54) is 13.2 Å². The Labute approximate surface area is 132 Å². The molecule has 0 aliphatic carbocycles. The van der Waals surface area contributed by atoms with Gasteiger partial charge in [0.15, 0.2) is 0 Å². The number of hydrogen-bond donors (Lipinski definition) is 0. The first kappa shape index (κ1) is 16.8. The summed E-state index contributed by atoms with van der Waals surface area (Å²) in [6.07, 6.45) is 0.865. The van der Waals surface area contributed by atoms with E-state index in [4.69, 9.17) is 4.74 Å². The van der Waals surface area contributed by atoms with E-state index < -0.39 is 0 Å². The minimum absolute atomic E-state index is 0.0954. The fourth-order valence-corrected chi connectivity index (χ4v) is 3.75. The minimum Gasteiger partial charge on any atom is -0.467 e. The Morgan fingerprint density at radius 3 is 2.59 bits per heavy atom. The maximum absolute atomic E-state index is 13.7. The highest BCUT2D eigenvalue weighted by Crippen LogP contribution is 2.45. The summed E-state index contributed by atoms with van der Waals surface area (Å²) < 4.78 is 18.7. The van der Waals surface area contributed by atoms with Gasteiger partial charge in [-0.2, -0.15) is 0 Å². The van der Waals surface area contributed by atoms with Crippen molar-refractivity contribution in [3.63, 3.8) is 0 Å². The molecule has 2 rings (SSSR count). The summed E-state index contributed by atoms with van der Waals surface area (Å²) in [5, 5.41) is 0. The van der Waals surface area contributed by atoms with Crippen LogP contribution in [0, 0.1) is 11.7 Å². The highest BCUT2D eigenvalue weighted by atomic mass is 19.1. The van der Waals surface area contributed by atoms with Crippen molar-refractivity contribution in [3.8, 4) is 0 Å². The number of rotatable bonds is 3. The molecule has 22 heavy (non-hydrogen) atoms. The standard InChI is InChI=1S/C18H26FNO2/c1-11(2)16(17(21)22-6)20-15-8-7-13(19)9-14(15)12(3)10-18(20,4)5/h7-9,11-12,16H,10H2,1-6H3/t12-,16-/m1/s1. The molecule has 0 fully saturated rings. The van der Waals surface area contributed by atoms with E-state index in [1.54, 1.807) is 12.1 Å². The van der Waals surface area contributed by atoms with Crippen LogP contribution < -0.4 is 4.90 Å². The number of hydrogen-bond acceptors (Lipinski definition) is 3. The van der Waals surface area contributed by atoms with Gasteiger partial charge in [-0.25, -0.2) is 9.18 Å². The van der Waals surface area contributed by atoms with Crippen molar-refractivity contribution in [2.45, 2.75) is 58.5 Å². The minimum atomic E-state index is -0.378. The van der Waals surface area contributed by atoms with Crippen LogP contribution >= 0.6 is 0 Å². The average molecular weight is 307 g/mol. The van der Waals surface area contributed by atoms with Crippen LogP contribution in [-0.2, 0) is 9.53 Å². The Kier molecular flexibility index (Phi) is 4.50. The number of methoxy groups -OCH3 is 1. The molecule has 0 aromatic heterocycles. The van der Waals surface area contributed by atoms with Crippen LogP contribution in [0.3, 0.4) is 0 Å². The van der Waals surface area contributed by atoms with Gasteiger partial charge in [0.05, 0.1) is 7.11 Å². The third-order valence-corrected chi connectivity index (χ3v) is 4.59. The number of nitrogens with zero attached hydrogens (tertiary/aromatic N) is 1. The predicted octanol–water partition coefficient (Wildman–Crippen LogP) is 4.12. The lowest BCUT2D eigenvalue weighted by Crippen LogP contribution is -2.58. The van der Waals surface area contributed by atoms with Gasteiger partial charge in [0, 0.05) is 11.2 Å². The number of fused-ring (bicyclic) bond motifs is 1. The molecule has 0 saturated heterocycles. The zero-order chi connectivity index (χ0) is 16.7. The van der Waals surface area contributed by atoms with E-state index in [0.717, 1.165) is 17.7 Å². The molecule has 0 N–H and O–H groups in total. The second-order valence-corrected chi connectivity index (χ2v) is 7.20. The van der Waals surface area contributed by atoms with Crippen molar-refractivity contribution in [3.05, 3.63) is 29.6 Å². The second kappa shape index (κ2) is 5.90. The molecule has 1 heterocycles. The number of esters is 1. The van der Waals surface area contributed by atoms with E-state index in [2.05, 4.69) is 25.7 Å². The third kappa shape index (κ3) is 2.83. The first-order valence-electron chi connectivity index (χ1n) is 7.85. The van der Waals surface area contributed by atoms with Crippen molar-refractivity contribution < 1.29 is 13.9 Å². The summed E-state index contributed by atoms with van der Waals surface area (Å²) in [4.78, 5) is 14.5. The Hall–Kier alpha value is -1.58. The number of ether oxygens (including phenoxy) is 1. The summed E-state index contributed by atoms with van der Waals surface area (Å²) in [5.74, 6) is -0.127. The lowest BCUT2D eigenvalue weighted by molar-refractivity contribution is -0.143. The molecule has 4 heteroatoms. The number of benzene rings is 1. The zero-order valence-electron chi connectivity index (χ0n) is 14.3. The van der Waals surface area contributed by atoms with Crippen LogP contribution in [0.1, 0.15) is 52.5 Å². The van der Waals surface area contributed by atoms with Crippen LogP contribution in [0.15, 0.2) is 18.2 Å². The molecule has 2 atom stereocenters. The van der Waals surface area contributed by atoms with E-state index in [1.807, 2.05) is 13.8 Å². The first-order valence-corrected chi connectivity index (χ1v) is 7.85. The van der Waals surface area contributed by atoms with Gasteiger partial charge >= 0.3 is 5.97 Å². The van der Waals surface area contributed by atoms with Crippen LogP contribution in [0.4, 0.5) is 10.1 Å². The lowest BCUT2D eigenvalue weighted by Gasteiger charge is -2.51. The van der Waals surface area contributed by atoms with Crippen molar-refractivity contribution in [1.29, 1.82) is 0 Å². The maximum Gasteiger partial charge on any atom is 0.328 e. The molecule has 122 valence electrons. The van der Waals surface area contributed by atoms with Crippen LogP contribution in [0.25, 0.3) is 0 Å². The van der Waals surface area contributed by atoms with Crippen molar-refractivity contribution in [2.75, 3.05) is 12.0 Å². The number of carbonyl (C=O) groups is 1. The predicted molar refractivity (Wildman–Crippen MR) is 86.6 cm³/mol. The van der Waals surface area contributed by atoms with Gasteiger partial charge in [0.2, 0.25) is 0 Å². The fraction of sp³-hybridized carbons (Fsp3) is 0.611. The number of halogens is 1. The van der Waals surface area contributed by atoms with Crippen LogP contribution in [-0.4, -0.2) is 24.7 Å². The van der Waals surface area contributed by atoms with Gasteiger partial charge in [-0.05, 0) is 55.9 Å². The normalized spacial score (nSPS) is 21.5. The van der Waals surface area contributed by atoms with Gasteiger partial charge < -0.3 is 9.64 Å². The molecule has 1 aromatic carbocycles. The molecule has 0 radical (unpaired) electrons. The first-order chi connectivity index (χ1) is 10.2. The molecule has 1 aliphatic heterocycles. The van der Waals surface area contributed by atoms with Gasteiger partial charge in [0.1, 0.15) is 11.9 Å². The topological polar surface area (TPSA) is 29.5 Å². The Balaban J connectivity index is 2.61. The van der Waals surface area contributed by atoms with Gasteiger partial charge in [-0.15, -0.1) is 0 Å². The van der Waals surface area contributed by atoms with Crippen LogP contribution in [0.5, 0.6) is 0 Å². The number of carbonyl (C=O) groups excluding carboxylic acids is 1. The van der Waals surface area contributed by atoms with Crippen molar-refractivity contribution in [2.24, 2.45) is 5.92 Å². The Bertz CT molecular complexity index is 568. The molecular weight excluding hydrogens is 281 g/mol. The largest absolute Gasteiger partial charge is 0.467 e. The molecule has 1 aliphatic rings. The summed E-state index contributed by atoms with van der Waals surface area (Å²) >= 11 is 0. The molecular formula is C18H26FNO2. The summed E-state index contributed by atoms with van der Waals surface area (Å²) in [7, 11) is 1.42. The molecule has 1 aromatic rings. The van der Waals surface area contributed by atoms with Crippen LogP contribution in [0.2, 0.25) is 0 Å². The molecule has 3 nitrogen and oxygen atoms in total. The SMILES string of the molecule is COC(=O)[C@@H](C(C)C)N1c2ccc(F)cc2[C@H](C)CC1(C)C. The summed E-state index contributed by atoms with van der Waals surface area (Å²) in [5.41, 5.74) is 1.70. The lowest BCUT2D eigenvalue weighted by atomic mass is 9.78. The second-order valence-electron chi connectivity index (χ2n) is 7.20. The number of anilines is 1. The van der Waals surface area contributed by atoms with Gasteiger partial charge in [-0.1, -0.05) is 20.8 Å². The highest BCUT2D eigenvalue weighted by Gasteiger charge is 2.44. The maximum atomic E-state index is 13.7. The molecule has 0 unspecified atom stereocenters. The van der Waals surface area contributed by atoms with E-state index in [9.17, 15) is 9.18 Å².